The van der Waals surface area contributed by atoms with Crippen molar-refractivity contribution < 1.29 is 13.9 Å². The maximum Gasteiger partial charge on any atom is 0.265 e. The Bertz CT molecular complexity index is 596. The van der Waals surface area contributed by atoms with Gasteiger partial charge in [-0.25, -0.2) is 4.39 Å². The van der Waals surface area contributed by atoms with Crippen LogP contribution < -0.4 is 10.1 Å². The summed E-state index contributed by atoms with van der Waals surface area (Å²) in [5.41, 5.74) is 1.51. The first-order chi connectivity index (χ1) is 9.56. The van der Waals surface area contributed by atoms with E-state index in [1.807, 2.05) is 31.2 Å². The average Bonchev–Trinajstić information content (AvgIpc) is 2.44. The topological polar surface area (TPSA) is 38.3 Å². The molecule has 104 valence electrons. The SMILES string of the molecule is Cc1ccccc1O[C@H](C)C(=O)Nc1ccc(F)cc1. The minimum atomic E-state index is -0.638. The van der Waals surface area contributed by atoms with E-state index in [9.17, 15) is 9.18 Å². The Hall–Kier alpha value is -2.36. The van der Waals surface area contributed by atoms with Gasteiger partial charge in [0.15, 0.2) is 6.10 Å². The Balaban J connectivity index is 1.99. The second-order valence-corrected chi connectivity index (χ2v) is 4.52. The number of anilines is 1. The van der Waals surface area contributed by atoms with Crippen LogP contribution in [0.25, 0.3) is 0 Å². The largest absolute Gasteiger partial charge is 0.481 e. The van der Waals surface area contributed by atoms with Crippen LogP contribution in [0.2, 0.25) is 0 Å². The Labute approximate surface area is 117 Å². The number of carbonyl (C=O) groups excluding carboxylic acids is 1. The van der Waals surface area contributed by atoms with E-state index in [4.69, 9.17) is 4.74 Å². The molecule has 0 fully saturated rings. The minimum Gasteiger partial charge on any atom is -0.481 e. The van der Waals surface area contributed by atoms with E-state index in [0.717, 1.165) is 5.56 Å². The summed E-state index contributed by atoms with van der Waals surface area (Å²) in [6.07, 6.45) is -0.638. The summed E-state index contributed by atoms with van der Waals surface area (Å²) in [5, 5.41) is 2.68. The molecule has 3 nitrogen and oxygen atoms in total. The van der Waals surface area contributed by atoms with Crippen LogP contribution in [0.15, 0.2) is 48.5 Å². The van der Waals surface area contributed by atoms with Crippen molar-refractivity contribution in [3.63, 3.8) is 0 Å². The molecule has 0 unspecified atom stereocenters. The lowest BCUT2D eigenvalue weighted by Gasteiger charge is -2.16. The maximum atomic E-state index is 12.8. The Kier molecular flexibility index (Phi) is 4.35. The Morgan fingerprint density at radius 1 is 1.15 bits per heavy atom. The molecule has 1 atom stereocenters. The van der Waals surface area contributed by atoms with Gasteiger partial charge in [-0.3, -0.25) is 4.79 Å². The van der Waals surface area contributed by atoms with Crippen molar-refractivity contribution in [2.45, 2.75) is 20.0 Å². The summed E-state index contributed by atoms with van der Waals surface area (Å²) in [6, 6.07) is 13.1. The van der Waals surface area contributed by atoms with E-state index in [2.05, 4.69) is 5.32 Å². The summed E-state index contributed by atoms with van der Waals surface area (Å²) in [5.74, 6) is 0.0568. The van der Waals surface area contributed by atoms with Crippen molar-refractivity contribution in [3.05, 3.63) is 59.9 Å². The van der Waals surface area contributed by atoms with E-state index in [0.29, 0.717) is 11.4 Å². The highest BCUT2D eigenvalue weighted by Gasteiger charge is 2.15. The van der Waals surface area contributed by atoms with E-state index in [-0.39, 0.29) is 11.7 Å². The standard InChI is InChI=1S/C16H16FNO2/c1-11-5-3-4-6-15(11)20-12(2)16(19)18-14-9-7-13(17)8-10-14/h3-10,12H,1-2H3,(H,18,19)/t12-/m1/s1. The molecule has 0 saturated heterocycles. The number of aryl methyl sites for hydroxylation is 1. The van der Waals surface area contributed by atoms with Gasteiger partial charge in [-0.15, -0.1) is 0 Å². The Morgan fingerprint density at radius 3 is 2.45 bits per heavy atom. The molecule has 0 aliphatic rings. The van der Waals surface area contributed by atoms with Crippen LogP contribution in [0.5, 0.6) is 5.75 Å². The molecule has 4 heteroatoms. The third-order valence-corrected chi connectivity index (χ3v) is 2.88. The lowest BCUT2D eigenvalue weighted by atomic mass is 10.2. The third kappa shape index (κ3) is 3.57. The van der Waals surface area contributed by atoms with Crippen molar-refractivity contribution in [2.75, 3.05) is 5.32 Å². The summed E-state index contributed by atoms with van der Waals surface area (Å²) < 4.78 is 18.4. The first-order valence-electron chi connectivity index (χ1n) is 6.35. The number of nitrogens with one attached hydrogen (secondary N) is 1. The number of ether oxygens (including phenoxy) is 1. The number of halogens is 1. The molecule has 0 aromatic heterocycles. The van der Waals surface area contributed by atoms with E-state index < -0.39 is 6.10 Å². The fourth-order valence-corrected chi connectivity index (χ4v) is 1.71. The van der Waals surface area contributed by atoms with Gasteiger partial charge in [-0.2, -0.15) is 0 Å². The van der Waals surface area contributed by atoms with E-state index in [1.54, 1.807) is 6.92 Å². The van der Waals surface area contributed by atoms with E-state index >= 15 is 0 Å². The zero-order valence-corrected chi connectivity index (χ0v) is 11.4. The van der Waals surface area contributed by atoms with E-state index in [1.165, 1.54) is 24.3 Å². The normalized spacial score (nSPS) is 11.8. The predicted molar refractivity (Wildman–Crippen MR) is 76.3 cm³/mol. The first-order valence-corrected chi connectivity index (χ1v) is 6.35. The zero-order chi connectivity index (χ0) is 14.5. The molecule has 2 aromatic carbocycles. The van der Waals surface area contributed by atoms with Crippen molar-refractivity contribution in [2.24, 2.45) is 0 Å². The second-order valence-electron chi connectivity index (χ2n) is 4.52. The lowest BCUT2D eigenvalue weighted by Crippen LogP contribution is -2.30. The number of benzene rings is 2. The number of hydrogen-bond acceptors (Lipinski definition) is 2. The van der Waals surface area contributed by atoms with Gasteiger partial charge in [0.1, 0.15) is 11.6 Å². The van der Waals surface area contributed by atoms with Crippen molar-refractivity contribution in [1.82, 2.24) is 0 Å². The van der Waals surface area contributed by atoms with Gasteiger partial charge in [0.05, 0.1) is 0 Å². The van der Waals surface area contributed by atoms with Gasteiger partial charge >= 0.3 is 0 Å². The molecule has 0 saturated carbocycles. The number of hydrogen-bond donors (Lipinski definition) is 1. The highest BCUT2D eigenvalue weighted by atomic mass is 19.1. The van der Waals surface area contributed by atoms with Crippen molar-refractivity contribution in [3.8, 4) is 5.75 Å². The monoisotopic (exact) mass is 273 g/mol. The molecule has 0 aliphatic carbocycles. The van der Waals surface area contributed by atoms with Crippen molar-refractivity contribution >= 4 is 11.6 Å². The fourth-order valence-electron chi connectivity index (χ4n) is 1.71. The number of carbonyl (C=O) groups is 1. The van der Waals surface area contributed by atoms with Gasteiger partial charge in [0.2, 0.25) is 0 Å². The third-order valence-electron chi connectivity index (χ3n) is 2.88. The smallest absolute Gasteiger partial charge is 0.265 e. The van der Waals surface area contributed by atoms with Crippen molar-refractivity contribution in [1.29, 1.82) is 0 Å². The minimum absolute atomic E-state index is 0.278. The quantitative estimate of drug-likeness (QED) is 0.925. The first kappa shape index (κ1) is 14.1. The van der Waals surface area contributed by atoms with Crippen LogP contribution in [0.3, 0.4) is 0 Å². The second kappa shape index (κ2) is 6.19. The molecule has 20 heavy (non-hydrogen) atoms. The molecule has 0 bridgehead atoms. The number of para-hydroxylation sites is 1. The average molecular weight is 273 g/mol. The summed E-state index contributed by atoms with van der Waals surface area (Å²) in [6.45, 7) is 3.59. The van der Waals surface area contributed by atoms with Crippen LogP contribution in [0, 0.1) is 12.7 Å². The molecular formula is C16H16FNO2. The van der Waals surface area contributed by atoms with Crippen LogP contribution in [-0.4, -0.2) is 12.0 Å². The molecule has 1 amide bonds. The fraction of sp³-hybridized carbons (Fsp3) is 0.188. The molecule has 0 spiro atoms. The van der Waals surface area contributed by atoms with Gasteiger partial charge in [-0.05, 0) is 49.7 Å². The molecule has 0 aliphatic heterocycles. The van der Waals surface area contributed by atoms with Gasteiger partial charge in [-0.1, -0.05) is 18.2 Å². The zero-order valence-electron chi connectivity index (χ0n) is 11.4. The van der Waals surface area contributed by atoms with Crippen LogP contribution in [-0.2, 0) is 4.79 Å². The molecule has 1 N–H and O–H groups in total. The molecule has 2 rings (SSSR count). The van der Waals surface area contributed by atoms with Crippen LogP contribution in [0.4, 0.5) is 10.1 Å². The lowest BCUT2D eigenvalue weighted by molar-refractivity contribution is -0.122. The summed E-state index contributed by atoms with van der Waals surface area (Å²) in [4.78, 5) is 12.0. The molecule has 0 heterocycles. The van der Waals surface area contributed by atoms with Gasteiger partial charge in [0, 0.05) is 5.69 Å². The highest BCUT2D eigenvalue weighted by molar-refractivity contribution is 5.94. The summed E-state index contributed by atoms with van der Waals surface area (Å²) >= 11 is 0. The molecule has 0 radical (unpaired) electrons. The van der Waals surface area contributed by atoms with Gasteiger partial charge in [0.25, 0.3) is 5.91 Å². The molecule has 2 aromatic rings. The predicted octanol–water partition coefficient (Wildman–Crippen LogP) is 3.54. The molecular weight excluding hydrogens is 257 g/mol. The Morgan fingerprint density at radius 2 is 1.80 bits per heavy atom. The van der Waals surface area contributed by atoms with Gasteiger partial charge < -0.3 is 10.1 Å². The van der Waals surface area contributed by atoms with Crippen LogP contribution in [0.1, 0.15) is 12.5 Å². The highest BCUT2D eigenvalue weighted by Crippen LogP contribution is 2.18. The number of rotatable bonds is 4. The van der Waals surface area contributed by atoms with Crippen LogP contribution >= 0.6 is 0 Å². The summed E-state index contributed by atoms with van der Waals surface area (Å²) in [7, 11) is 0. The maximum absolute atomic E-state index is 12.8. The number of amides is 1.